The van der Waals surface area contributed by atoms with Gasteiger partial charge in [-0.3, -0.25) is 9.44 Å². The van der Waals surface area contributed by atoms with Crippen LogP contribution in [0.4, 0.5) is 17.1 Å². The van der Waals surface area contributed by atoms with E-state index < -0.39 is 36.1 Å². The van der Waals surface area contributed by atoms with Crippen molar-refractivity contribution in [2.45, 2.75) is 102 Å². The van der Waals surface area contributed by atoms with Crippen LogP contribution in [0.1, 0.15) is 98.4 Å². The molecule has 14 nitrogen and oxygen atoms in total. The third-order valence-electron chi connectivity index (χ3n) is 9.93. The van der Waals surface area contributed by atoms with Crippen LogP contribution < -0.4 is 14.2 Å². The average Bonchev–Trinajstić information content (AvgIpc) is 3.76. The quantitative estimate of drug-likeness (QED) is 0.0549. The second-order valence-corrected chi connectivity index (χ2v) is 21.2. The average molecular weight is 925 g/mol. The van der Waals surface area contributed by atoms with Gasteiger partial charge in [0.2, 0.25) is 5.82 Å². The minimum Gasteiger partial charge on any atom is -0.507 e. The lowest BCUT2D eigenvalue weighted by Gasteiger charge is -2.22. The highest BCUT2D eigenvalue weighted by molar-refractivity contribution is 7.93. The number of aromatic hydroxyl groups is 2. The van der Waals surface area contributed by atoms with E-state index in [1.165, 1.54) is 47.6 Å². The van der Waals surface area contributed by atoms with Gasteiger partial charge in [0.15, 0.2) is 11.6 Å². The van der Waals surface area contributed by atoms with Crippen LogP contribution in [0.2, 0.25) is 10.0 Å². The van der Waals surface area contributed by atoms with Gasteiger partial charge in [0, 0.05) is 16.7 Å². The number of phenols is 2. The largest absolute Gasteiger partial charge is 0.507 e. The zero-order valence-corrected chi connectivity index (χ0v) is 38.8. The SMILES string of the molecule is CCCCCCCCOc1cc(C(C)(C)C)ccc1S(=O)(=O)Nc1ccc(O)c(S(=O)(=O)Nc2ccc(-c3nc4n(n3)N=C(C(C)(C)C)C4=Nc3cc(Cl)c(O)c(Cl)c3)cc2)c1. The third-order valence-corrected chi connectivity index (χ3v) is 13.3. The first-order valence-electron chi connectivity index (χ1n) is 20.2. The van der Waals surface area contributed by atoms with Crippen molar-refractivity contribution in [3.8, 4) is 28.6 Å². The van der Waals surface area contributed by atoms with Crippen molar-refractivity contribution < 1.29 is 31.8 Å². The van der Waals surface area contributed by atoms with Crippen LogP contribution >= 0.6 is 23.2 Å². The second-order valence-electron chi connectivity index (χ2n) is 17.1. The second kappa shape index (κ2) is 18.3. The Morgan fingerprint density at radius 3 is 2.00 bits per heavy atom. The topological polar surface area (TPSA) is 197 Å². The van der Waals surface area contributed by atoms with E-state index in [-0.39, 0.29) is 49.1 Å². The number of aromatic nitrogens is 3. The van der Waals surface area contributed by atoms with Gasteiger partial charge >= 0.3 is 0 Å². The number of sulfonamides is 2. The number of nitrogens with one attached hydrogen (secondary N) is 2. The summed E-state index contributed by atoms with van der Waals surface area (Å²) in [7, 11) is -8.73. The van der Waals surface area contributed by atoms with Crippen molar-refractivity contribution >= 4 is 71.7 Å². The highest BCUT2D eigenvalue weighted by atomic mass is 35.5. The van der Waals surface area contributed by atoms with E-state index in [0.29, 0.717) is 35.1 Å². The number of unbranched alkanes of at least 4 members (excludes halogenated alkanes) is 5. The molecule has 4 aromatic carbocycles. The van der Waals surface area contributed by atoms with Crippen molar-refractivity contribution in [1.82, 2.24) is 14.9 Å². The lowest BCUT2D eigenvalue weighted by atomic mass is 9.87. The van der Waals surface area contributed by atoms with Gasteiger partial charge in [-0.25, -0.2) is 26.8 Å². The van der Waals surface area contributed by atoms with Gasteiger partial charge in [-0.1, -0.05) is 110 Å². The maximum atomic E-state index is 13.9. The van der Waals surface area contributed by atoms with Crippen LogP contribution in [0.5, 0.6) is 17.2 Å². The van der Waals surface area contributed by atoms with Crippen LogP contribution in [0.15, 0.2) is 92.7 Å². The molecule has 1 aliphatic rings. The molecule has 5 aromatic rings. The van der Waals surface area contributed by atoms with Crippen LogP contribution in [0.3, 0.4) is 0 Å². The molecule has 1 aliphatic heterocycles. The molecule has 0 unspecified atom stereocenters. The lowest BCUT2D eigenvalue weighted by molar-refractivity contribution is 0.296. The molecule has 18 heteroatoms. The van der Waals surface area contributed by atoms with Crippen molar-refractivity contribution in [2.75, 3.05) is 16.1 Å². The molecule has 62 heavy (non-hydrogen) atoms. The molecule has 0 spiro atoms. The van der Waals surface area contributed by atoms with E-state index in [4.69, 9.17) is 37.9 Å². The van der Waals surface area contributed by atoms with E-state index in [0.717, 1.165) is 49.8 Å². The fraction of sp³-hybridized carbons (Fsp3) is 0.364. The number of fused-ring (bicyclic) bond motifs is 1. The predicted molar refractivity (Wildman–Crippen MR) is 246 cm³/mol. The minimum atomic E-state index is -4.44. The summed E-state index contributed by atoms with van der Waals surface area (Å²) in [6.07, 6.45) is 6.27. The first-order chi connectivity index (χ1) is 29.1. The molecule has 0 saturated carbocycles. The Morgan fingerprint density at radius 2 is 1.35 bits per heavy atom. The molecule has 0 bridgehead atoms. The number of hydrogen-bond acceptors (Lipinski definition) is 11. The van der Waals surface area contributed by atoms with E-state index in [2.05, 4.69) is 26.6 Å². The number of benzene rings is 4. The Bertz CT molecular complexity index is 2740. The van der Waals surface area contributed by atoms with Crippen LogP contribution in [-0.2, 0) is 25.5 Å². The van der Waals surface area contributed by atoms with Crippen molar-refractivity contribution in [1.29, 1.82) is 0 Å². The molecule has 0 fully saturated rings. The number of phenolic OH excluding ortho intramolecular Hbond substituents is 2. The van der Waals surface area contributed by atoms with Crippen molar-refractivity contribution in [2.24, 2.45) is 15.5 Å². The zero-order valence-electron chi connectivity index (χ0n) is 35.6. The third kappa shape index (κ3) is 10.7. The summed E-state index contributed by atoms with van der Waals surface area (Å²) in [5, 5.41) is 30.0. The number of nitrogens with zero attached hydrogens (tertiary/aromatic N) is 5. The van der Waals surface area contributed by atoms with E-state index in [1.807, 2.05) is 41.5 Å². The Hall–Kier alpha value is -5.16. The molecule has 0 saturated heterocycles. The number of rotatable bonds is 16. The number of hydrogen-bond donors (Lipinski definition) is 4. The van der Waals surface area contributed by atoms with Gasteiger partial charge in [-0.05, 0) is 84.1 Å². The molecule has 4 N–H and O–H groups in total. The molecule has 2 heterocycles. The van der Waals surface area contributed by atoms with E-state index in [9.17, 15) is 27.0 Å². The summed E-state index contributed by atoms with van der Waals surface area (Å²) in [4.78, 5) is 10.1. The number of halogens is 2. The summed E-state index contributed by atoms with van der Waals surface area (Å²) in [5.41, 5.74) is 2.17. The van der Waals surface area contributed by atoms with Crippen LogP contribution in [0.25, 0.3) is 11.4 Å². The maximum Gasteiger partial charge on any atom is 0.265 e. The first kappa shape index (κ1) is 46.3. The molecule has 6 rings (SSSR count). The summed E-state index contributed by atoms with van der Waals surface area (Å²) >= 11 is 12.3. The van der Waals surface area contributed by atoms with Gasteiger partial charge in [0.25, 0.3) is 20.0 Å². The fourth-order valence-corrected chi connectivity index (χ4v) is 9.35. The Kier molecular flexibility index (Phi) is 13.7. The fourth-order valence-electron chi connectivity index (χ4n) is 6.52. The van der Waals surface area contributed by atoms with E-state index in [1.54, 1.807) is 24.3 Å². The normalized spacial score (nSPS) is 13.9. The lowest BCUT2D eigenvalue weighted by Crippen LogP contribution is -2.27. The molecule has 0 amide bonds. The molecular weight excluding hydrogens is 874 g/mol. The van der Waals surface area contributed by atoms with Crippen LogP contribution in [0, 0.1) is 5.41 Å². The summed E-state index contributed by atoms with van der Waals surface area (Å²) in [6.45, 7) is 14.5. The molecule has 0 atom stereocenters. The molecular formula is C44H51Cl2N7O7S2. The molecule has 330 valence electrons. The number of anilines is 2. The highest BCUT2D eigenvalue weighted by Gasteiger charge is 2.35. The van der Waals surface area contributed by atoms with Gasteiger partial charge in [-0.2, -0.15) is 5.10 Å². The smallest absolute Gasteiger partial charge is 0.265 e. The van der Waals surface area contributed by atoms with Crippen molar-refractivity contribution in [3.63, 3.8) is 0 Å². The predicted octanol–water partition coefficient (Wildman–Crippen LogP) is 10.7. The summed E-state index contributed by atoms with van der Waals surface area (Å²) in [6, 6.07) is 17.5. The van der Waals surface area contributed by atoms with Gasteiger partial charge < -0.3 is 14.9 Å². The standard InChI is InChI=1S/C44H51Cl2N7O7S2/c1-8-9-10-11-12-13-22-60-35-23-28(43(2,3)4)16-21-36(35)61(56,57)52-30-19-20-34(54)37(26-30)62(58,59)51-29-17-14-27(15-18-29)41-48-42-38(40(44(5,6)7)49-53(42)50-41)47-31-24-32(45)39(55)33(46)25-31/h14-21,23-26,51-52,54-55H,8-13,22H2,1-7H3. The maximum absolute atomic E-state index is 13.9. The van der Waals surface area contributed by atoms with Crippen molar-refractivity contribution in [3.05, 3.63) is 94.2 Å². The molecule has 0 radical (unpaired) electrons. The Balaban J connectivity index is 1.20. The van der Waals surface area contributed by atoms with Crippen LogP contribution in [-0.4, -0.2) is 60.0 Å². The minimum absolute atomic E-state index is 0.0329. The molecule has 1 aromatic heterocycles. The summed E-state index contributed by atoms with van der Waals surface area (Å²) in [5.74, 6) is -0.0152. The Labute approximate surface area is 373 Å². The Morgan fingerprint density at radius 1 is 0.742 bits per heavy atom. The molecule has 0 aliphatic carbocycles. The van der Waals surface area contributed by atoms with Gasteiger partial charge in [0.05, 0.1) is 33.7 Å². The monoisotopic (exact) mass is 923 g/mol. The summed E-state index contributed by atoms with van der Waals surface area (Å²) < 4.78 is 66.1. The van der Waals surface area contributed by atoms with E-state index >= 15 is 0 Å². The first-order valence-corrected chi connectivity index (χ1v) is 23.9. The zero-order chi connectivity index (χ0) is 45.2. The van der Waals surface area contributed by atoms with Gasteiger partial charge in [-0.15, -0.1) is 9.89 Å². The van der Waals surface area contributed by atoms with Gasteiger partial charge in [0.1, 0.15) is 27.0 Å². The number of aliphatic imine (C=N–C) groups is 1. The highest BCUT2D eigenvalue weighted by Crippen LogP contribution is 2.38. The number of ether oxygens (including phenoxy) is 1.